The lowest BCUT2D eigenvalue weighted by Crippen LogP contribution is -2.20. The van der Waals surface area contributed by atoms with Gasteiger partial charge < -0.3 is 15.6 Å². The molecule has 0 amide bonds. The molecular formula is C9H9F5N2O2. The van der Waals surface area contributed by atoms with Gasteiger partial charge in [0.2, 0.25) is 0 Å². The second kappa shape index (κ2) is 5.44. The van der Waals surface area contributed by atoms with Crippen molar-refractivity contribution in [1.29, 1.82) is 0 Å². The summed E-state index contributed by atoms with van der Waals surface area (Å²) >= 11 is 0. The van der Waals surface area contributed by atoms with Crippen molar-refractivity contribution in [1.82, 2.24) is 4.98 Å². The zero-order valence-corrected chi connectivity index (χ0v) is 8.84. The summed E-state index contributed by atoms with van der Waals surface area (Å²) in [4.78, 5) is 3.24. The van der Waals surface area contributed by atoms with Crippen LogP contribution < -0.4 is 10.5 Å². The Labute approximate surface area is 98.2 Å². The Bertz CT molecular complexity index is 422. The summed E-state index contributed by atoms with van der Waals surface area (Å²) in [6.07, 6.45) is -8.38. The highest BCUT2D eigenvalue weighted by molar-refractivity contribution is 5.36. The molecule has 1 aromatic rings. The van der Waals surface area contributed by atoms with Crippen molar-refractivity contribution < 1.29 is 31.8 Å². The molecule has 0 aliphatic heterocycles. The largest absolute Gasteiger partial charge is 0.573 e. The van der Waals surface area contributed by atoms with Gasteiger partial charge in [-0.15, -0.1) is 13.2 Å². The van der Waals surface area contributed by atoms with Crippen molar-refractivity contribution in [3.05, 3.63) is 23.0 Å². The number of hydrogen-bond donors (Lipinski definition) is 2. The molecule has 3 N–H and O–H groups in total. The first-order valence-corrected chi connectivity index (χ1v) is 4.66. The van der Waals surface area contributed by atoms with E-state index in [2.05, 4.69) is 9.72 Å². The number of alkyl halides is 5. The molecule has 0 aliphatic carbocycles. The lowest BCUT2D eigenvalue weighted by Gasteiger charge is -2.15. The quantitative estimate of drug-likeness (QED) is 0.821. The molecule has 0 aromatic carbocycles. The van der Waals surface area contributed by atoms with Crippen LogP contribution in [0.25, 0.3) is 0 Å². The van der Waals surface area contributed by atoms with Crippen LogP contribution in [0.2, 0.25) is 0 Å². The topological polar surface area (TPSA) is 68.4 Å². The summed E-state index contributed by atoms with van der Waals surface area (Å²) in [6, 6.07) is 0.702. The van der Waals surface area contributed by atoms with E-state index in [-0.39, 0.29) is 17.8 Å². The van der Waals surface area contributed by atoms with E-state index in [0.29, 0.717) is 6.07 Å². The zero-order valence-electron chi connectivity index (χ0n) is 8.84. The number of aromatic nitrogens is 1. The van der Waals surface area contributed by atoms with Crippen molar-refractivity contribution in [2.24, 2.45) is 5.73 Å². The average molecular weight is 272 g/mol. The molecule has 0 fully saturated rings. The molecule has 4 nitrogen and oxygen atoms in total. The van der Waals surface area contributed by atoms with Gasteiger partial charge in [0, 0.05) is 6.54 Å². The highest BCUT2D eigenvalue weighted by atomic mass is 19.4. The van der Waals surface area contributed by atoms with Crippen LogP contribution >= 0.6 is 0 Å². The van der Waals surface area contributed by atoms with E-state index >= 15 is 0 Å². The van der Waals surface area contributed by atoms with E-state index in [4.69, 9.17) is 10.8 Å². The minimum absolute atomic E-state index is 0.00106. The Morgan fingerprint density at radius 3 is 2.39 bits per heavy atom. The molecule has 0 atom stereocenters. The highest BCUT2D eigenvalue weighted by Crippen LogP contribution is 2.33. The van der Waals surface area contributed by atoms with Crippen molar-refractivity contribution >= 4 is 0 Å². The fourth-order valence-corrected chi connectivity index (χ4v) is 1.26. The molecule has 0 unspecified atom stereocenters. The van der Waals surface area contributed by atoms with E-state index in [1.165, 1.54) is 0 Å². The fourth-order valence-electron chi connectivity index (χ4n) is 1.26. The van der Waals surface area contributed by atoms with E-state index in [9.17, 15) is 22.0 Å². The second-order valence-electron chi connectivity index (χ2n) is 3.19. The van der Waals surface area contributed by atoms with E-state index in [0.717, 1.165) is 0 Å². The van der Waals surface area contributed by atoms with Crippen LogP contribution in [0, 0.1) is 0 Å². The normalized spacial score (nSPS) is 12.0. The lowest BCUT2D eigenvalue weighted by molar-refractivity contribution is -0.275. The zero-order chi connectivity index (χ0) is 13.9. The first kappa shape index (κ1) is 14.6. The van der Waals surface area contributed by atoms with E-state index < -0.39 is 30.8 Å². The smallest absolute Gasteiger partial charge is 0.404 e. The molecule has 1 heterocycles. The number of aliphatic hydroxyl groups is 1. The number of aliphatic hydroxyl groups excluding tert-OH is 1. The summed E-state index contributed by atoms with van der Waals surface area (Å²) in [6.45, 7) is -0.973. The molecule has 1 rings (SSSR count). The van der Waals surface area contributed by atoms with Crippen LogP contribution in [0.1, 0.15) is 23.4 Å². The first-order valence-electron chi connectivity index (χ1n) is 4.66. The predicted molar refractivity (Wildman–Crippen MR) is 49.7 cm³/mol. The number of nitrogens with two attached hydrogens (primary N) is 1. The van der Waals surface area contributed by atoms with Crippen LogP contribution in [0.15, 0.2) is 6.07 Å². The molecule has 0 spiro atoms. The third-order valence-electron chi connectivity index (χ3n) is 1.99. The third kappa shape index (κ3) is 3.50. The minimum atomic E-state index is -5.11. The minimum Gasteiger partial charge on any atom is -0.404 e. The Morgan fingerprint density at radius 1 is 1.39 bits per heavy atom. The van der Waals surface area contributed by atoms with Gasteiger partial charge in [0.25, 0.3) is 6.43 Å². The summed E-state index contributed by atoms with van der Waals surface area (Å²) in [5, 5.41) is 8.85. The molecule has 0 saturated carbocycles. The van der Waals surface area contributed by atoms with Crippen LogP contribution in [0.5, 0.6) is 5.75 Å². The number of hydrogen-bond acceptors (Lipinski definition) is 4. The summed E-state index contributed by atoms with van der Waals surface area (Å²) < 4.78 is 64.6. The van der Waals surface area contributed by atoms with Crippen molar-refractivity contribution in [2.75, 3.05) is 0 Å². The number of ether oxygens (including phenoxy) is 1. The van der Waals surface area contributed by atoms with Crippen molar-refractivity contribution in [3.63, 3.8) is 0 Å². The SMILES string of the molecule is NCc1cc(OC(F)(F)F)c(C(F)F)nc1CO. The number of halogens is 5. The van der Waals surface area contributed by atoms with Gasteiger partial charge in [-0.3, -0.25) is 0 Å². The molecular weight excluding hydrogens is 263 g/mol. The van der Waals surface area contributed by atoms with Crippen LogP contribution in [0.4, 0.5) is 22.0 Å². The third-order valence-corrected chi connectivity index (χ3v) is 1.99. The maximum atomic E-state index is 12.5. The predicted octanol–water partition coefficient (Wildman–Crippen LogP) is 1.87. The van der Waals surface area contributed by atoms with Crippen LogP contribution in [0.3, 0.4) is 0 Å². The van der Waals surface area contributed by atoms with Crippen molar-refractivity contribution in [3.8, 4) is 5.75 Å². The highest BCUT2D eigenvalue weighted by Gasteiger charge is 2.34. The first-order chi connectivity index (χ1) is 8.28. The molecule has 0 saturated heterocycles. The molecule has 0 radical (unpaired) electrons. The fraction of sp³-hybridized carbons (Fsp3) is 0.444. The van der Waals surface area contributed by atoms with Gasteiger partial charge >= 0.3 is 6.36 Å². The van der Waals surface area contributed by atoms with E-state index in [1.807, 2.05) is 0 Å². The Morgan fingerprint density at radius 2 is 2.00 bits per heavy atom. The van der Waals surface area contributed by atoms with Gasteiger partial charge in [0.05, 0.1) is 12.3 Å². The van der Waals surface area contributed by atoms with Gasteiger partial charge in [-0.25, -0.2) is 13.8 Å². The van der Waals surface area contributed by atoms with Gasteiger partial charge in [-0.05, 0) is 11.6 Å². The van der Waals surface area contributed by atoms with Gasteiger partial charge in [0.15, 0.2) is 5.75 Å². The molecule has 18 heavy (non-hydrogen) atoms. The molecule has 0 aliphatic rings. The summed E-state index contributed by atoms with van der Waals surface area (Å²) in [7, 11) is 0. The Hall–Kier alpha value is -1.48. The number of rotatable bonds is 4. The molecule has 9 heteroatoms. The van der Waals surface area contributed by atoms with Crippen LogP contribution in [-0.4, -0.2) is 16.5 Å². The number of pyridine rings is 1. The standard InChI is InChI=1S/C9H9F5N2O2/c10-8(11)7-6(18-9(12,13)14)1-4(2-15)5(3-17)16-7/h1,8,17H,2-3,15H2. The van der Waals surface area contributed by atoms with Gasteiger partial charge in [-0.1, -0.05) is 0 Å². The molecule has 0 bridgehead atoms. The summed E-state index contributed by atoms with van der Waals surface area (Å²) in [5.41, 5.74) is 3.82. The lowest BCUT2D eigenvalue weighted by atomic mass is 10.1. The van der Waals surface area contributed by atoms with Crippen molar-refractivity contribution in [2.45, 2.75) is 25.9 Å². The van der Waals surface area contributed by atoms with E-state index in [1.54, 1.807) is 0 Å². The average Bonchev–Trinajstić information content (AvgIpc) is 2.25. The Balaban J connectivity index is 3.29. The second-order valence-corrected chi connectivity index (χ2v) is 3.19. The monoisotopic (exact) mass is 272 g/mol. The Kier molecular flexibility index (Phi) is 4.41. The van der Waals surface area contributed by atoms with Crippen LogP contribution in [-0.2, 0) is 13.2 Å². The maximum absolute atomic E-state index is 12.5. The molecule has 102 valence electrons. The molecule has 1 aromatic heterocycles. The maximum Gasteiger partial charge on any atom is 0.573 e. The van der Waals surface area contributed by atoms with Gasteiger partial charge in [0.1, 0.15) is 5.69 Å². The summed E-state index contributed by atoms with van der Waals surface area (Å²) in [5.74, 6) is -1.12. The van der Waals surface area contributed by atoms with Gasteiger partial charge in [-0.2, -0.15) is 0 Å². The number of nitrogens with zero attached hydrogens (tertiary/aromatic N) is 1.